The van der Waals surface area contributed by atoms with E-state index in [1.807, 2.05) is 0 Å². The predicted octanol–water partition coefficient (Wildman–Crippen LogP) is -1.07. The summed E-state index contributed by atoms with van der Waals surface area (Å²) >= 11 is 0. The van der Waals surface area contributed by atoms with Crippen LogP contribution in [0.3, 0.4) is 0 Å². The van der Waals surface area contributed by atoms with Gasteiger partial charge in [0.05, 0.1) is 19.3 Å². The van der Waals surface area contributed by atoms with Gasteiger partial charge in [0, 0.05) is 20.2 Å². The standard InChI is InChI=1S/C8H17N3O2/c1-13-6-7(12)2-3-9-8-10-4-5-11-8/h7,12H,2-6H2,1H3,(H2,9,10,11). The van der Waals surface area contributed by atoms with Crippen molar-refractivity contribution < 1.29 is 9.84 Å². The molecule has 0 saturated heterocycles. The summed E-state index contributed by atoms with van der Waals surface area (Å²) in [4.78, 5) is 4.16. The fourth-order valence-electron chi connectivity index (χ4n) is 1.15. The van der Waals surface area contributed by atoms with Crippen LogP contribution in [0.4, 0.5) is 0 Å². The van der Waals surface area contributed by atoms with Gasteiger partial charge in [-0.2, -0.15) is 0 Å². The third-order valence-corrected chi connectivity index (χ3v) is 1.80. The molecule has 0 aliphatic carbocycles. The number of hydrogen-bond donors (Lipinski definition) is 3. The lowest BCUT2D eigenvalue weighted by Crippen LogP contribution is -2.35. The fourth-order valence-corrected chi connectivity index (χ4v) is 1.15. The van der Waals surface area contributed by atoms with Crippen molar-refractivity contribution in [1.29, 1.82) is 0 Å². The summed E-state index contributed by atoms with van der Waals surface area (Å²) in [6.07, 6.45) is 0.286. The van der Waals surface area contributed by atoms with Crippen LogP contribution in [0.25, 0.3) is 0 Å². The van der Waals surface area contributed by atoms with Gasteiger partial charge >= 0.3 is 0 Å². The van der Waals surface area contributed by atoms with Crippen LogP contribution in [0.5, 0.6) is 0 Å². The van der Waals surface area contributed by atoms with E-state index in [4.69, 9.17) is 4.74 Å². The van der Waals surface area contributed by atoms with Gasteiger partial charge < -0.3 is 20.5 Å². The zero-order valence-electron chi connectivity index (χ0n) is 7.92. The van der Waals surface area contributed by atoms with E-state index in [1.165, 1.54) is 0 Å². The maximum absolute atomic E-state index is 9.30. The summed E-state index contributed by atoms with van der Waals surface area (Å²) in [5.41, 5.74) is 0. The van der Waals surface area contributed by atoms with Gasteiger partial charge in [-0.25, -0.2) is 0 Å². The molecule has 76 valence electrons. The van der Waals surface area contributed by atoms with Gasteiger partial charge in [-0.1, -0.05) is 0 Å². The molecule has 0 radical (unpaired) electrons. The Bertz CT molecular complexity index is 173. The number of hydrogen-bond acceptors (Lipinski definition) is 5. The summed E-state index contributed by atoms with van der Waals surface area (Å²) in [5, 5.41) is 15.5. The molecular formula is C8H17N3O2. The highest BCUT2D eigenvalue weighted by Crippen LogP contribution is 1.90. The Kier molecular flexibility index (Phi) is 4.56. The summed E-state index contributed by atoms with van der Waals surface area (Å²) in [6.45, 7) is 2.85. The first-order chi connectivity index (χ1) is 6.33. The van der Waals surface area contributed by atoms with Crippen LogP contribution in [0, 0.1) is 0 Å². The molecule has 1 aliphatic heterocycles. The van der Waals surface area contributed by atoms with Crippen LogP contribution in [0.1, 0.15) is 6.42 Å². The highest BCUT2D eigenvalue weighted by atomic mass is 16.5. The van der Waals surface area contributed by atoms with Crippen LogP contribution in [-0.2, 0) is 4.74 Å². The molecule has 0 bridgehead atoms. The zero-order chi connectivity index (χ0) is 9.52. The molecule has 1 atom stereocenters. The Hall–Kier alpha value is -0.810. The minimum absolute atomic E-state index is 0.389. The van der Waals surface area contributed by atoms with Crippen molar-refractivity contribution in [3.63, 3.8) is 0 Å². The second-order valence-electron chi connectivity index (χ2n) is 2.98. The second-order valence-corrected chi connectivity index (χ2v) is 2.98. The fraction of sp³-hybridized carbons (Fsp3) is 0.875. The van der Waals surface area contributed by atoms with Crippen molar-refractivity contribution in [3.8, 4) is 0 Å². The van der Waals surface area contributed by atoms with Gasteiger partial charge in [-0.3, -0.25) is 4.99 Å². The molecule has 1 rings (SSSR count). The van der Waals surface area contributed by atoms with E-state index in [0.29, 0.717) is 13.0 Å². The molecule has 0 aromatic carbocycles. The van der Waals surface area contributed by atoms with E-state index < -0.39 is 0 Å². The lowest BCUT2D eigenvalue weighted by Gasteiger charge is -2.10. The Labute approximate surface area is 78.2 Å². The molecule has 0 aromatic rings. The summed E-state index contributed by atoms with van der Waals surface area (Å²) < 4.78 is 4.80. The molecule has 0 saturated carbocycles. The van der Waals surface area contributed by atoms with Crippen LogP contribution in [0.2, 0.25) is 0 Å². The number of aliphatic imine (C=N–C) groups is 1. The molecule has 1 aliphatic rings. The van der Waals surface area contributed by atoms with Crippen LogP contribution >= 0.6 is 0 Å². The van der Waals surface area contributed by atoms with Crippen molar-refractivity contribution in [3.05, 3.63) is 0 Å². The van der Waals surface area contributed by atoms with Gasteiger partial charge in [0.15, 0.2) is 5.96 Å². The van der Waals surface area contributed by atoms with E-state index in [9.17, 15) is 5.11 Å². The quantitative estimate of drug-likeness (QED) is 0.513. The molecule has 3 N–H and O–H groups in total. The predicted molar refractivity (Wildman–Crippen MR) is 50.8 cm³/mol. The number of nitrogens with one attached hydrogen (secondary N) is 2. The highest BCUT2D eigenvalue weighted by molar-refractivity contribution is 5.81. The minimum Gasteiger partial charge on any atom is -0.391 e. The molecule has 0 aromatic heterocycles. The Morgan fingerprint density at radius 2 is 2.62 bits per heavy atom. The van der Waals surface area contributed by atoms with E-state index in [0.717, 1.165) is 25.6 Å². The summed E-state index contributed by atoms with van der Waals surface area (Å²) in [7, 11) is 1.58. The van der Waals surface area contributed by atoms with Gasteiger partial charge in [-0.05, 0) is 6.42 Å². The van der Waals surface area contributed by atoms with Crippen molar-refractivity contribution in [2.45, 2.75) is 12.5 Å². The first-order valence-electron chi connectivity index (χ1n) is 4.52. The first kappa shape index (κ1) is 10.3. The molecule has 0 amide bonds. The van der Waals surface area contributed by atoms with Gasteiger partial charge in [0.25, 0.3) is 0 Å². The highest BCUT2D eigenvalue weighted by Gasteiger charge is 2.05. The Balaban J connectivity index is 1.99. The molecule has 0 fully saturated rings. The SMILES string of the molecule is COCC(O)CCNC1=NCCN1. The number of ether oxygens (including phenoxy) is 1. The van der Waals surface area contributed by atoms with Crippen LogP contribution in [0.15, 0.2) is 4.99 Å². The molecule has 5 nitrogen and oxygen atoms in total. The van der Waals surface area contributed by atoms with Crippen molar-refractivity contribution in [1.82, 2.24) is 10.6 Å². The van der Waals surface area contributed by atoms with Crippen molar-refractivity contribution in [2.24, 2.45) is 4.99 Å². The Morgan fingerprint density at radius 3 is 3.23 bits per heavy atom. The van der Waals surface area contributed by atoms with Crippen LogP contribution in [-0.4, -0.2) is 50.5 Å². The Morgan fingerprint density at radius 1 is 1.77 bits per heavy atom. The van der Waals surface area contributed by atoms with E-state index in [-0.39, 0.29) is 6.10 Å². The van der Waals surface area contributed by atoms with Gasteiger partial charge in [0.2, 0.25) is 0 Å². The largest absolute Gasteiger partial charge is 0.391 e. The lowest BCUT2D eigenvalue weighted by atomic mass is 10.3. The number of nitrogens with zero attached hydrogens (tertiary/aromatic N) is 1. The summed E-state index contributed by atoms with van der Waals surface area (Å²) in [5.74, 6) is 0.838. The van der Waals surface area contributed by atoms with Gasteiger partial charge in [0.1, 0.15) is 0 Å². The maximum atomic E-state index is 9.30. The number of aliphatic hydroxyl groups is 1. The smallest absolute Gasteiger partial charge is 0.191 e. The summed E-state index contributed by atoms with van der Waals surface area (Å²) in [6, 6.07) is 0. The van der Waals surface area contributed by atoms with E-state index in [2.05, 4.69) is 15.6 Å². The normalized spacial score (nSPS) is 17.8. The third kappa shape index (κ3) is 4.10. The topological polar surface area (TPSA) is 65.9 Å². The number of guanidine groups is 1. The monoisotopic (exact) mass is 187 g/mol. The van der Waals surface area contributed by atoms with Crippen LogP contribution < -0.4 is 10.6 Å². The average Bonchev–Trinajstić information content (AvgIpc) is 2.57. The average molecular weight is 187 g/mol. The minimum atomic E-state index is -0.389. The number of methoxy groups -OCH3 is 1. The molecule has 0 spiro atoms. The molecule has 1 heterocycles. The molecule has 5 heteroatoms. The maximum Gasteiger partial charge on any atom is 0.191 e. The van der Waals surface area contributed by atoms with E-state index >= 15 is 0 Å². The van der Waals surface area contributed by atoms with E-state index in [1.54, 1.807) is 7.11 Å². The molecule has 13 heavy (non-hydrogen) atoms. The van der Waals surface area contributed by atoms with Crippen molar-refractivity contribution >= 4 is 5.96 Å². The number of aliphatic hydroxyl groups excluding tert-OH is 1. The van der Waals surface area contributed by atoms with Crippen molar-refractivity contribution in [2.75, 3.05) is 33.4 Å². The molecular weight excluding hydrogens is 170 g/mol. The number of rotatable bonds is 5. The second kappa shape index (κ2) is 5.77. The zero-order valence-corrected chi connectivity index (χ0v) is 7.92. The lowest BCUT2D eigenvalue weighted by molar-refractivity contribution is 0.0602. The van der Waals surface area contributed by atoms with Gasteiger partial charge in [-0.15, -0.1) is 0 Å². The third-order valence-electron chi connectivity index (χ3n) is 1.80. The molecule has 1 unspecified atom stereocenters. The first-order valence-corrected chi connectivity index (χ1v) is 4.52.